The first kappa shape index (κ1) is 11.2. The normalized spacial score (nSPS) is 14.0. The van der Waals surface area contributed by atoms with Crippen molar-refractivity contribution < 1.29 is 13.5 Å². The summed E-state index contributed by atoms with van der Waals surface area (Å²) in [5.41, 5.74) is 1.33. The van der Waals surface area contributed by atoms with Crippen molar-refractivity contribution in [3.05, 3.63) is 29.3 Å². The standard InChI is InChI=1S/C10H14O3S/c1-7-4-5-9(8(2)11)10(6-7)14(3,12)13/h4-6,8,11H,1-3H3. The molecule has 0 aliphatic heterocycles. The van der Waals surface area contributed by atoms with Gasteiger partial charge in [0.2, 0.25) is 0 Å². The Morgan fingerprint density at radius 3 is 2.36 bits per heavy atom. The van der Waals surface area contributed by atoms with Gasteiger partial charge >= 0.3 is 0 Å². The van der Waals surface area contributed by atoms with Crippen LogP contribution in [0.2, 0.25) is 0 Å². The fraction of sp³-hybridized carbons (Fsp3) is 0.400. The molecule has 0 fully saturated rings. The summed E-state index contributed by atoms with van der Waals surface area (Å²) in [5, 5.41) is 9.39. The van der Waals surface area contributed by atoms with E-state index in [9.17, 15) is 13.5 Å². The molecule has 0 aromatic heterocycles. The third-order valence-corrected chi connectivity index (χ3v) is 3.17. The van der Waals surface area contributed by atoms with E-state index in [1.165, 1.54) is 0 Å². The molecule has 3 nitrogen and oxygen atoms in total. The van der Waals surface area contributed by atoms with E-state index < -0.39 is 15.9 Å². The lowest BCUT2D eigenvalue weighted by Crippen LogP contribution is -2.05. The first-order valence-corrected chi connectivity index (χ1v) is 6.20. The molecule has 0 amide bonds. The Morgan fingerprint density at radius 2 is 1.93 bits per heavy atom. The van der Waals surface area contributed by atoms with E-state index in [4.69, 9.17) is 0 Å². The highest BCUT2D eigenvalue weighted by molar-refractivity contribution is 7.90. The van der Waals surface area contributed by atoms with Gasteiger partial charge in [0.05, 0.1) is 11.0 Å². The maximum atomic E-state index is 11.4. The minimum Gasteiger partial charge on any atom is -0.389 e. The molecule has 1 N–H and O–H groups in total. The average Bonchev–Trinajstić information content (AvgIpc) is 2.01. The molecular formula is C10H14O3S. The predicted octanol–water partition coefficient (Wildman–Crippen LogP) is 1.45. The van der Waals surface area contributed by atoms with Crippen molar-refractivity contribution in [2.75, 3.05) is 6.26 Å². The molecule has 1 aromatic carbocycles. The molecule has 0 bridgehead atoms. The van der Waals surface area contributed by atoms with E-state index in [0.29, 0.717) is 5.56 Å². The second kappa shape index (κ2) is 3.71. The lowest BCUT2D eigenvalue weighted by Gasteiger charge is -2.11. The predicted molar refractivity (Wildman–Crippen MR) is 54.9 cm³/mol. The summed E-state index contributed by atoms with van der Waals surface area (Å²) in [7, 11) is -3.26. The van der Waals surface area contributed by atoms with Gasteiger partial charge in [-0.25, -0.2) is 8.42 Å². The van der Waals surface area contributed by atoms with E-state index in [0.717, 1.165) is 11.8 Å². The number of hydrogen-bond donors (Lipinski definition) is 1. The minimum absolute atomic E-state index is 0.215. The Balaban J connectivity index is 3.46. The monoisotopic (exact) mass is 214 g/mol. The Morgan fingerprint density at radius 1 is 1.36 bits per heavy atom. The molecule has 0 spiro atoms. The first-order valence-electron chi connectivity index (χ1n) is 4.31. The third kappa shape index (κ3) is 2.33. The van der Waals surface area contributed by atoms with E-state index >= 15 is 0 Å². The second-order valence-electron chi connectivity index (χ2n) is 3.49. The molecule has 0 saturated carbocycles. The lowest BCUT2D eigenvalue weighted by atomic mass is 10.1. The molecule has 0 aliphatic carbocycles. The highest BCUT2D eigenvalue weighted by atomic mass is 32.2. The van der Waals surface area contributed by atoms with Crippen LogP contribution in [-0.2, 0) is 9.84 Å². The van der Waals surface area contributed by atoms with Gasteiger partial charge in [-0.15, -0.1) is 0 Å². The van der Waals surface area contributed by atoms with E-state index in [1.54, 1.807) is 25.1 Å². The summed E-state index contributed by atoms with van der Waals surface area (Å²) in [4.78, 5) is 0.215. The lowest BCUT2D eigenvalue weighted by molar-refractivity contribution is 0.196. The number of aryl methyl sites for hydroxylation is 1. The summed E-state index contributed by atoms with van der Waals surface area (Å²) in [5.74, 6) is 0. The Hall–Kier alpha value is -0.870. The SMILES string of the molecule is Cc1ccc(C(C)O)c(S(C)(=O)=O)c1. The number of benzene rings is 1. The Bertz CT molecular complexity index is 433. The number of aliphatic hydroxyl groups is 1. The number of sulfone groups is 1. The van der Waals surface area contributed by atoms with Crippen LogP contribution in [0.25, 0.3) is 0 Å². The van der Waals surface area contributed by atoms with Crippen LogP contribution in [-0.4, -0.2) is 19.8 Å². The average molecular weight is 214 g/mol. The fourth-order valence-electron chi connectivity index (χ4n) is 1.31. The zero-order valence-corrected chi connectivity index (χ0v) is 9.30. The molecule has 1 unspecified atom stereocenters. The van der Waals surface area contributed by atoms with Crippen molar-refractivity contribution in [1.82, 2.24) is 0 Å². The van der Waals surface area contributed by atoms with Crippen LogP contribution in [0.1, 0.15) is 24.2 Å². The summed E-state index contributed by atoms with van der Waals surface area (Å²) in [6, 6.07) is 5.02. The zero-order valence-electron chi connectivity index (χ0n) is 8.48. The summed E-state index contributed by atoms with van der Waals surface area (Å²) >= 11 is 0. The quantitative estimate of drug-likeness (QED) is 0.810. The Kier molecular flexibility index (Phi) is 2.97. The van der Waals surface area contributed by atoms with Gasteiger partial charge in [0.1, 0.15) is 0 Å². The number of aliphatic hydroxyl groups excluding tert-OH is 1. The van der Waals surface area contributed by atoms with Crippen LogP contribution in [0.3, 0.4) is 0 Å². The maximum absolute atomic E-state index is 11.4. The van der Waals surface area contributed by atoms with Gasteiger partial charge in [-0.3, -0.25) is 0 Å². The Labute approximate surface area is 84.3 Å². The smallest absolute Gasteiger partial charge is 0.175 e. The minimum atomic E-state index is -3.26. The molecule has 78 valence electrons. The van der Waals surface area contributed by atoms with Gasteiger partial charge < -0.3 is 5.11 Å². The van der Waals surface area contributed by atoms with Crippen LogP contribution in [0.15, 0.2) is 23.1 Å². The van der Waals surface area contributed by atoms with Crippen LogP contribution in [0.5, 0.6) is 0 Å². The number of rotatable bonds is 2. The van der Waals surface area contributed by atoms with Crippen LogP contribution in [0.4, 0.5) is 0 Å². The molecule has 1 aromatic rings. The topological polar surface area (TPSA) is 54.4 Å². The fourth-order valence-corrected chi connectivity index (χ4v) is 2.37. The largest absolute Gasteiger partial charge is 0.389 e. The van der Waals surface area contributed by atoms with Crippen molar-refractivity contribution in [3.8, 4) is 0 Å². The summed E-state index contributed by atoms with van der Waals surface area (Å²) < 4.78 is 22.8. The highest BCUT2D eigenvalue weighted by Gasteiger charge is 2.16. The van der Waals surface area contributed by atoms with Crippen LogP contribution >= 0.6 is 0 Å². The van der Waals surface area contributed by atoms with Crippen molar-refractivity contribution in [1.29, 1.82) is 0 Å². The van der Waals surface area contributed by atoms with Gasteiger partial charge in [-0.05, 0) is 31.0 Å². The molecule has 0 saturated heterocycles. The van der Waals surface area contributed by atoms with Crippen molar-refractivity contribution in [2.45, 2.75) is 24.8 Å². The van der Waals surface area contributed by atoms with Gasteiger partial charge in [0.15, 0.2) is 9.84 Å². The van der Waals surface area contributed by atoms with Crippen molar-refractivity contribution in [2.24, 2.45) is 0 Å². The molecule has 4 heteroatoms. The van der Waals surface area contributed by atoms with Gasteiger partial charge in [0, 0.05) is 6.26 Å². The first-order chi connectivity index (χ1) is 6.32. The van der Waals surface area contributed by atoms with E-state index in [-0.39, 0.29) is 4.90 Å². The second-order valence-corrected chi connectivity index (χ2v) is 5.47. The van der Waals surface area contributed by atoms with Gasteiger partial charge in [-0.2, -0.15) is 0 Å². The maximum Gasteiger partial charge on any atom is 0.175 e. The molecule has 14 heavy (non-hydrogen) atoms. The van der Waals surface area contributed by atoms with Crippen molar-refractivity contribution >= 4 is 9.84 Å². The summed E-state index contributed by atoms with van der Waals surface area (Å²) in [6.07, 6.45) is 0.383. The van der Waals surface area contributed by atoms with E-state index in [1.807, 2.05) is 6.92 Å². The molecule has 0 aliphatic rings. The van der Waals surface area contributed by atoms with Gasteiger partial charge in [-0.1, -0.05) is 12.1 Å². The molecule has 0 radical (unpaired) electrons. The molecular weight excluding hydrogens is 200 g/mol. The van der Waals surface area contributed by atoms with Crippen LogP contribution < -0.4 is 0 Å². The highest BCUT2D eigenvalue weighted by Crippen LogP contribution is 2.23. The van der Waals surface area contributed by atoms with Crippen molar-refractivity contribution in [3.63, 3.8) is 0 Å². The summed E-state index contributed by atoms with van der Waals surface area (Å²) in [6.45, 7) is 3.37. The van der Waals surface area contributed by atoms with Gasteiger partial charge in [0.25, 0.3) is 0 Å². The van der Waals surface area contributed by atoms with E-state index in [2.05, 4.69) is 0 Å². The molecule has 1 rings (SSSR count). The van der Waals surface area contributed by atoms with Crippen LogP contribution in [0, 0.1) is 6.92 Å². The zero-order chi connectivity index (χ0) is 10.9. The molecule has 0 heterocycles. The molecule has 1 atom stereocenters. The third-order valence-electron chi connectivity index (χ3n) is 2.02. The number of hydrogen-bond acceptors (Lipinski definition) is 3.